The Morgan fingerprint density at radius 1 is 1.28 bits per heavy atom. The third kappa shape index (κ3) is 2.27. The first-order chi connectivity index (χ1) is 8.84. The maximum absolute atomic E-state index is 6.31. The molecule has 0 bridgehead atoms. The number of hydrogen-bond donors (Lipinski definition) is 2. The fraction of sp³-hybridized carbons (Fsp3) is 0.429. The van der Waals surface area contributed by atoms with Gasteiger partial charge in [-0.1, -0.05) is 18.2 Å². The fourth-order valence-corrected chi connectivity index (χ4v) is 2.56. The van der Waals surface area contributed by atoms with Crippen molar-refractivity contribution in [1.82, 2.24) is 10.2 Å². The number of rotatable bonds is 3. The molecular formula is C14H19N3O. The van der Waals surface area contributed by atoms with E-state index >= 15 is 0 Å². The van der Waals surface area contributed by atoms with Crippen molar-refractivity contribution in [3.8, 4) is 0 Å². The molecule has 1 aromatic carbocycles. The Labute approximate surface area is 107 Å². The van der Waals surface area contributed by atoms with Gasteiger partial charge in [0.05, 0.1) is 6.26 Å². The molecule has 0 amide bonds. The lowest BCUT2D eigenvalue weighted by atomic mass is 10.1. The summed E-state index contributed by atoms with van der Waals surface area (Å²) in [4.78, 5) is 2.41. The van der Waals surface area contributed by atoms with Gasteiger partial charge in [0.25, 0.3) is 0 Å². The lowest BCUT2D eigenvalue weighted by Crippen LogP contribution is -2.45. The first-order valence-electron chi connectivity index (χ1n) is 6.49. The van der Waals surface area contributed by atoms with Crippen LogP contribution in [0, 0.1) is 0 Å². The Morgan fingerprint density at radius 3 is 2.89 bits per heavy atom. The molecule has 1 aromatic heterocycles. The van der Waals surface area contributed by atoms with E-state index in [-0.39, 0.29) is 6.04 Å². The lowest BCUT2D eigenvalue weighted by Gasteiger charge is -2.29. The molecule has 4 heteroatoms. The highest BCUT2D eigenvalue weighted by Gasteiger charge is 2.17. The molecule has 18 heavy (non-hydrogen) atoms. The van der Waals surface area contributed by atoms with E-state index in [4.69, 9.17) is 10.2 Å². The summed E-state index contributed by atoms with van der Waals surface area (Å²) in [6, 6.07) is 8.09. The number of nitrogens with one attached hydrogen (secondary N) is 1. The number of furan rings is 1. The van der Waals surface area contributed by atoms with E-state index in [1.165, 1.54) is 0 Å². The Kier molecular flexibility index (Phi) is 3.32. The van der Waals surface area contributed by atoms with E-state index in [1.807, 2.05) is 18.2 Å². The normalized spacial score (nSPS) is 19.2. The molecule has 0 spiro atoms. The van der Waals surface area contributed by atoms with Crippen LogP contribution in [0.15, 0.2) is 34.9 Å². The van der Waals surface area contributed by atoms with Gasteiger partial charge in [-0.15, -0.1) is 0 Å². The van der Waals surface area contributed by atoms with E-state index in [0.717, 1.165) is 49.3 Å². The molecule has 3 N–H and O–H groups in total. The topological polar surface area (TPSA) is 54.4 Å². The summed E-state index contributed by atoms with van der Waals surface area (Å²) in [5.41, 5.74) is 8.35. The average Bonchev–Trinajstić information content (AvgIpc) is 2.84. The van der Waals surface area contributed by atoms with Crippen molar-refractivity contribution in [2.24, 2.45) is 5.73 Å². The molecule has 1 unspecified atom stereocenters. The molecule has 1 saturated heterocycles. The van der Waals surface area contributed by atoms with Gasteiger partial charge in [0.15, 0.2) is 0 Å². The van der Waals surface area contributed by atoms with Gasteiger partial charge in [-0.2, -0.15) is 0 Å². The van der Waals surface area contributed by atoms with Gasteiger partial charge in [-0.3, -0.25) is 4.90 Å². The summed E-state index contributed by atoms with van der Waals surface area (Å²) in [6.45, 7) is 5.15. The number of nitrogens with two attached hydrogens (primary N) is 1. The molecule has 0 aliphatic carbocycles. The smallest absolute Gasteiger partial charge is 0.134 e. The van der Waals surface area contributed by atoms with Gasteiger partial charge < -0.3 is 15.5 Å². The van der Waals surface area contributed by atoms with Gasteiger partial charge in [0.2, 0.25) is 0 Å². The second kappa shape index (κ2) is 5.10. The van der Waals surface area contributed by atoms with Crippen molar-refractivity contribution in [3.63, 3.8) is 0 Å². The summed E-state index contributed by atoms with van der Waals surface area (Å²) < 4.78 is 5.55. The van der Waals surface area contributed by atoms with Crippen molar-refractivity contribution in [3.05, 3.63) is 36.1 Å². The highest BCUT2D eigenvalue weighted by Crippen LogP contribution is 2.25. The predicted molar refractivity (Wildman–Crippen MR) is 72.5 cm³/mol. The minimum absolute atomic E-state index is 0.0201. The van der Waals surface area contributed by atoms with Crippen molar-refractivity contribution in [1.29, 1.82) is 0 Å². The average molecular weight is 245 g/mol. The molecule has 1 fully saturated rings. The molecule has 96 valence electrons. The second-order valence-corrected chi connectivity index (χ2v) is 4.84. The van der Waals surface area contributed by atoms with Crippen LogP contribution in [0.5, 0.6) is 0 Å². The standard InChI is InChI=1S/C14H19N3O/c15-13(9-17-7-5-16-6-8-17)12-10-18-14-4-2-1-3-11(12)14/h1-4,10,13,16H,5-9,15H2. The Balaban J connectivity index is 1.76. The molecule has 2 heterocycles. The van der Waals surface area contributed by atoms with Crippen LogP contribution in [0.4, 0.5) is 0 Å². The summed E-state index contributed by atoms with van der Waals surface area (Å²) in [7, 11) is 0. The van der Waals surface area contributed by atoms with E-state index in [0.29, 0.717) is 0 Å². The third-order valence-electron chi connectivity index (χ3n) is 3.57. The first-order valence-corrected chi connectivity index (χ1v) is 6.49. The molecule has 2 aromatic rings. The molecule has 1 atom stereocenters. The largest absolute Gasteiger partial charge is 0.464 e. The highest BCUT2D eigenvalue weighted by atomic mass is 16.3. The number of para-hydroxylation sites is 1. The van der Waals surface area contributed by atoms with E-state index < -0.39 is 0 Å². The summed E-state index contributed by atoms with van der Waals surface area (Å²) >= 11 is 0. The first kappa shape index (κ1) is 11.7. The van der Waals surface area contributed by atoms with Crippen molar-refractivity contribution in [2.75, 3.05) is 32.7 Å². The number of hydrogen-bond acceptors (Lipinski definition) is 4. The van der Waals surface area contributed by atoms with Crippen molar-refractivity contribution >= 4 is 11.0 Å². The van der Waals surface area contributed by atoms with Gasteiger partial charge in [-0.05, 0) is 6.07 Å². The molecule has 1 aliphatic rings. The summed E-state index contributed by atoms with van der Waals surface area (Å²) in [5.74, 6) is 0. The number of fused-ring (bicyclic) bond motifs is 1. The molecule has 3 rings (SSSR count). The predicted octanol–water partition coefficient (Wildman–Crippen LogP) is 1.34. The summed E-state index contributed by atoms with van der Waals surface area (Å²) in [6.07, 6.45) is 1.80. The third-order valence-corrected chi connectivity index (χ3v) is 3.57. The molecule has 0 saturated carbocycles. The van der Waals surface area contributed by atoms with E-state index in [9.17, 15) is 0 Å². The Morgan fingerprint density at radius 2 is 2.06 bits per heavy atom. The van der Waals surface area contributed by atoms with Crippen LogP contribution in [-0.4, -0.2) is 37.6 Å². The van der Waals surface area contributed by atoms with Crippen LogP contribution in [0.3, 0.4) is 0 Å². The zero-order valence-corrected chi connectivity index (χ0v) is 10.4. The van der Waals surface area contributed by atoms with Crippen LogP contribution in [-0.2, 0) is 0 Å². The monoisotopic (exact) mass is 245 g/mol. The van der Waals surface area contributed by atoms with Crippen molar-refractivity contribution < 1.29 is 4.42 Å². The molecular weight excluding hydrogens is 226 g/mol. The van der Waals surface area contributed by atoms with Gasteiger partial charge in [-0.25, -0.2) is 0 Å². The zero-order valence-electron chi connectivity index (χ0n) is 10.4. The van der Waals surface area contributed by atoms with Gasteiger partial charge in [0, 0.05) is 49.7 Å². The minimum atomic E-state index is 0.0201. The maximum atomic E-state index is 6.31. The number of nitrogens with zero attached hydrogens (tertiary/aromatic N) is 1. The highest BCUT2D eigenvalue weighted by molar-refractivity contribution is 5.81. The zero-order chi connectivity index (χ0) is 12.4. The van der Waals surface area contributed by atoms with Crippen LogP contribution < -0.4 is 11.1 Å². The van der Waals surface area contributed by atoms with Crippen LogP contribution >= 0.6 is 0 Å². The van der Waals surface area contributed by atoms with Crippen LogP contribution in [0.1, 0.15) is 11.6 Å². The second-order valence-electron chi connectivity index (χ2n) is 4.84. The maximum Gasteiger partial charge on any atom is 0.134 e. The fourth-order valence-electron chi connectivity index (χ4n) is 2.56. The Bertz CT molecular complexity index is 516. The summed E-state index contributed by atoms with van der Waals surface area (Å²) in [5, 5.41) is 4.49. The quantitative estimate of drug-likeness (QED) is 0.857. The number of piperazine rings is 1. The van der Waals surface area contributed by atoms with Crippen LogP contribution in [0.25, 0.3) is 11.0 Å². The SMILES string of the molecule is NC(CN1CCNCC1)c1coc2ccccc12. The van der Waals surface area contributed by atoms with Gasteiger partial charge in [0.1, 0.15) is 5.58 Å². The van der Waals surface area contributed by atoms with E-state index in [1.54, 1.807) is 6.26 Å². The Hall–Kier alpha value is -1.36. The van der Waals surface area contributed by atoms with Crippen LogP contribution in [0.2, 0.25) is 0 Å². The van der Waals surface area contributed by atoms with Crippen molar-refractivity contribution in [2.45, 2.75) is 6.04 Å². The van der Waals surface area contributed by atoms with E-state index in [2.05, 4.69) is 16.3 Å². The molecule has 0 radical (unpaired) electrons. The molecule has 4 nitrogen and oxygen atoms in total. The lowest BCUT2D eigenvalue weighted by molar-refractivity contribution is 0.228. The number of benzene rings is 1. The van der Waals surface area contributed by atoms with Gasteiger partial charge >= 0.3 is 0 Å². The molecule has 1 aliphatic heterocycles. The minimum Gasteiger partial charge on any atom is -0.464 e.